The van der Waals surface area contributed by atoms with E-state index in [0.29, 0.717) is 11.5 Å². The minimum Gasteiger partial charge on any atom is -0.545 e. The van der Waals surface area contributed by atoms with Crippen molar-refractivity contribution < 1.29 is 88.0 Å². The summed E-state index contributed by atoms with van der Waals surface area (Å²) in [6, 6.07) is 36.7. The molecule has 0 spiro atoms. The molecule has 0 fully saturated rings. The van der Waals surface area contributed by atoms with E-state index in [1.54, 1.807) is 24.8 Å². The van der Waals surface area contributed by atoms with Gasteiger partial charge in [-0.15, -0.1) is 0 Å². The zero-order chi connectivity index (χ0) is 44.1. The van der Waals surface area contributed by atoms with Gasteiger partial charge in [-0.25, -0.2) is 0 Å². The van der Waals surface area contributed by atoms with E-state index in [1.807, 2.05) is 72.8 Å². The number of carboxylic acids is 4. The summed E-state index contributed by atoms with van der Waals surface area (Å²) < 4.78 is 10.7. The van der Waals surface area contributed by atoms with Crippen LogP contribution in [-0.2, 0) is 39.0 Å². The maximum atomic E-state index is 10.6. The number of rotatable bonds is 10. The molecule has 0 N–H and O–H groups in total. The van der Waals surface area contributed by atoms with E-state index in [9.17, 15) is 39.6 Å². The second kappa shape index (κ2) is 26.4. The Morgan fingerprint density at radius 3 is 0.859 bits per heavy atom. The van der Waals surface area contributed by atoms with E-state index < -0.39 is 23.9 Å². The van der Waals surface area contributed by atoms with Crippen molar-refractivity contribution in [2.45, 2.75) is 0 Å². The van der Waals surface area contributed by atoms with Gasteiger partial charge in [0, 0.05) is 48.3 Å². The van der Waals surface area contributed by atoms with E-state index >= 15 is 0 Å². The number of aromatic nitrogens is 6. The third kappa shape index (κ3) is 16.5. The molecular formula is C46H30N6O10Zn2. The van der Waals surface area contributed by atoms with Gasteiger partial charge in [0.15, 0.2) is 0 Å². The van der Waals surface area contributed by atoms with Crippen LogP contribution >= 0.6 is 0 Å². The molecule has 6 aromatic heterocycles. The molecule has 0 aliphatic carbocycles. The number of hydrogen-bond acceptors (Lipinski definition) is 16. The molecule has 16 nitrogen and oxygen atoms in total. The fourth-order valence-electron chi connectivity index (χ4n) is 4.82. The molecule has 8 aromatic rings. The maximum Gasteiger partial charge on any atom is 2.00 e. The summed E-state index contributed by atoms with van der Waals surface area (Å²) in [5.74, 6) is -4.16. The van der Waals surface area contributed by atoms with Crippen LogP contribution in [0.25, 0.3) is 22.8 Å². The van der Waals surface area contributed by atoms with Crippen LogP contribution in [0, 0.1) is 0 Å². The van der Waals surface area contributed by atoms with Crippen molar-refractivity contribution in [2.75, 3.05) is 0 Å². The molecule has 6 heterocycles. The van der Waals surface area contributed by atoms with Crippen LogP contribution in [0.3, 0.4) is 0 Å². The molecule has 0 radical (unpaired) electrons. The van der Waals surface area contributed by atoms with Crippen molar-refractivity contribution >= 4 is 23.9 Å². The second-order valence-electron chi connectivity index (χ2n) is 12.1. The van der Waals surface area contributed by atoms with Crippen LogP contribution in [0.4, 0.5) is 0 Å². The Kier molecular flexibility index (Phi) is 20.8. The molecule has 0 bridgehead atoms. The average Bonchev–Trinajstić information content (AvgIpc) is 3.31. The minimum atomic E-state index is -1.36. The van der Waals surface area contributed by atoms with Gasteiger partial charge in [0.05, 0.1) is 59.0 Å². The Balaban J connectivity index is 0.000000229. The number of carbonyl (C=O) groups is 4. The molecule has 0 saturated carbocycles. The number of pyridine rings is 6. The van der Waals surface area contributed by atoms with Gasteiger partial charge in [-0.2, -0.15) is 0 Å². The van der Waals surface area contributed by atoms with Crippen molar-refractivity contribution in [1.29, 1.82) is 0 Å². The van der Waals surface area contributed by atoms with E-state index in [2.05, 4.69) is 29.9 Å². The predicted molar refractivity (Wildman–Crippen MR) is 214 cm³/mol. The van der Waals surface area contributed by atoms with Crippen LogP contribution in [-0.4, -0.2) is 53.8 Å². The fraction of sp³-hybridized carbons (Fsp3) is 0. The van der Waals surface area contributed by atoms with Gasteiger partial charge in [0.2, 0.25) is 0 Å². The Labute approximate surface area is 390 Å². The fourth-order valence-corrected chi connectivity index (χ4v) is 4.82. The van der Waals surface area contributed by atoms with Gasteiger partial charge < -0.3 is 49.1 Å². The van der Waals surface area contributed by atoms with Crippen molar-refractivity contribution in [3.8, 4) is 45.8 Å². The van der Waals surface area contributed by atoms with Crippen LogP contribution in [0.2, 0.25) is 0 Å². The first-order valence-corrected chi connectivity index (χ1v) is 18.0. The standard InChI is InChI=1S/2C13H9NO5.2C10H8N2.2Zn/c2*15-12(16)8-1-3-10(4-2-8)19-11-5-9(13(17)18)6-14-7-11;2*1-3-7-11-9(5-1)10-6-2-4-8-12-10;;/h2*1-7H,(H,15,16)(H,17,18);2*1-8H;;/q;;;;2*+2/p-4. The number of benzene rings is 2. The molecule has 0 aliphatic heterocycles. The zero-order valence-electron chi connectivity index (χ0n) is 33.5. The number of hydrogen-bond donors (Lipinski definition) is 0. The summed E-state index contributed by atoms with van der Waals surface area (Å²) in [6.07, 6.45) is 12.0. The number of carboxylic acid groups (broad SMARTS) is 4. The summed E-state index contributed by atoms with van der Waals surface area (Å²) in [7, 11) is 0. The molecule has 18 heteroatoms. The third-order valence-corrected chi connectivity index (χ3v) is 7.73. The molecule has 64 heavy (non-hydrogen) atoms. The van der Waals surface area contributed by atoms with Crippen LogP contribution in [0.5, 0.6) is 23.0 Å². The quantitative estimate of drug-likeness (QED) is 0.178. The van der Waals surface area contributed by atoms with Crippen molar-refractivity contribution in [2.24, 2.45) is 0 Å². The smallest absolute Gasteiger partial charge is 0.545 e. The molecule has 0 aliphatic rings. The summed E-state index contributed by atoms with van der Waals surface area (Å²) in [5, 5.41) is 42.4. The van der Waals surface area contributed by atoms with Gasteiger partial charge in [-0.1, -0.05) is 24.3 Å². The first-order valence-electron chi connectivity index (χ1n) is 18.0. The Hall–Kier alpha value is -7.93. The molecular weight excluding hydrogens is 927 g/mol. The molecule has 2 aromatic carbocycles. The third-order valence-electron chi connectivity index (χ3n) is 7.73. The van der Waals surface area contributed by atoms with Gasteiger partial charge in [-0.05, 0) is 120 Å². The van der Waals surface area contributed by atoms with Crippen molar-refractivity contribution in [3.63, 3.8) is 0 Å². The zero-order valence-corrected chi connectivity index (χ0v) is 39.4. The topological polar surface area (TPSA) is 256 Å². The number of ether oxygens (including phenoxy) is 2. The van der Waals surface area contributed by atoms with E-state index in [-0.39, 0.29) is 72.7 Å². The molecule has 8 rings (SSSR count). The van der Waals surface area contributed by atoms with Gasteiger partial charge in [0.1, 0.15) is 23.0 Å². The first-order chi connectivity index (χ1) is 30.0. The number of nitrogens with zero attached hydrogens (tertiary/aromatic N) is 6. The van der Waals surface area contributed by atoms with Crippen LogP contribution in [0.15, 0.2) is 183 Å². The summed E-state index contributed by atoms with van der Waals surface area (Å²) >= 11 is 0. The molecule has 0 unspecified atom stereocenters. The van der Waals surface area contributed by atoms with Gasteiger partial charge in [0.25, 0.3) is 0 Å². The molecule has 0 atom stereocenters. The van der Waals surface area contributed by atoms with E-state index in [1.165, 1.54) is 73.1 Å². The largest absolute Gasteiger partial charge is 2.00 e. The number of carbonyl (C=O) groups excluding carboxylic acids is 4. The maximum absolute atomic E-state index is 10.6. The van der Waals surface area contributed by atoms with Crippen LogP contribution < -0.4 is 29.9 Å². The number of aromatic carboxylic acids is 4. The first kappa shape index (κ1) is 50.4. The van der Waals surface area contributed by atoms with Crippen LogP contribution in [0.1, 0.15) is 41.4 Å². The van der Waals surface area contributed by atoms with E-state index in [4.69, 9.17) is 9.47 Å². The van der Waals surface area contributed by atoms with E-state index in [0.717, 1.165) is 35.2 Å². The Morgan fingerprint density at radius 1 is 0.344 bits per heavy atom. The predicted octanol–water partition coefficient (Wildman–Crippen LogP) is 3.48. The summed E-state index contributed by atoms with van der Waals surface area (Å²) in [6.45, 7) is 0. The van der Waals surface area contributed by atoms with Gasteiger partial charge in [-0.3, -0.25) is 29.9 Å². The normalized spacial score (nSPS) is 9.50. The second-order valence-corrected chi connectivity index (χ2v) is 12.1. The molecule has 0 amide bonds. The summed E-state index contributed by atoms with van der Waals surface area (Å²) in [5.41, 5.74) is 3.49. The minimum absolute atomic E-state index is 0. The van der Waals surface area contributed by atoms with Crippen molar-refractivity contribution in [1.82, 2.24) is 29.9 Å². The van der Waals surface area contributed by atoms with Gasteiger partial charge >= 0.3 is 39.0 Å². The molecule has 0 saturated heterocycles. The SMILES string of the molecule is O=C([O-])c1ccc(Oc2cncc(C(=O)[O-])c2)cc1.O=C([O-])c1ccc(Oc2cncc(C(=O)[O-])c2)cc1.[Zn+2].[Zn+2].c1ccc(-c2ccccn2)nc1.c1ccc(-c2ccccn2)nc1. The Bertz CT molecular complexity index is 2430. The Morgan fingerprint density at radius 2 is 0.625 bits per heavy atom. The monoisotopic (exact) mass is 954 g/mol. The van der Waals surface area contributed by atoms with Crippen molar-refractivity contribution in [3.05, 3.63) is 205 Å². The molecule has 308 valence electrons. The average molecular weight is 958 g/mol. The summed E-state index contributed by atoms with van der Waals surface area (Å²) in [4.78, 5) is 66.5.